The van der Waals surface area contributed by atoms with Crippen molar-refractivity contribution in [2.24, 2.45) is 0 Å². The Morgan fingerprint density at radius 1 is 1.05 bits per heavy atom. The van der Waals surface area contributed by atoms with E-state index in [1.54, 1.807) is 18.5 Å². The van der Waals surface area contributed by atoms with Crippen LogP contribution in [0.3, 0.4) is 0 Å². The maximum atomic E-state index is 12.9. The van der Waals surface area contributed by atoms with E-state index in [1.165, 1.54) is 5.56 Å². The van der Waals surface area contributed by atoms with Crippen LogP contribution in [-0.4, -0.2) is 75.7 Å². The number of hydrogen-bond acceptors (Lipinski definition) is 8. The summed E-state index contributed by atoms with van der Waals surface area (Å²) in [7, 11) is 2.16. The topological polar surface area (TPSA) is 96.9 Å². The molecule has 0 bridgehead atoms. The van der Waals surface area contributed by atoms with Crippen LogP contribution in [0.5, 0.6) is 0 Å². The summed E-state index contributed by atoms with van der Waals surface area (Å²) in [6.07, 6.45) is 7.08. The van der Waals surface area contributed by atoms with Crippen LogP contribution in [0.1, 0.15) is 27.2 Å². The van der Waals surface area contributed by atoms with E-state index in [0.717, 1.165) is 54.6 Å². The molecule has 0 saturated carbocycles. The predicted octanol–water partition coefficient (Wildman–Crippen LogP) is 4.13. The fourth-order valence-electron chi connectivity index (χ4n) is 4.46. The van der Waals surface area contributed by atoms with Gasteiger partial charge in [-0.05, 0) is 55.4 Å². The second-order valence-corrected chi connectivity index (χ2v) is 9.76. The average molecular weight is 512 g/mol. The summed E-state index contributed by atoms with van der Waals surface area (Å²) in [4.78, 5) is 26.7. The summed E-state index contributed by atoms with van der Waals surface area (Å²) in [5, 5.41) is 17.1. The van der Waals surface area contributed by atoms with Gasteiger partial charge in [0.05, 0.1) is 12.2 Å². The Kier molecular flexibility index (Phi) is 7.78. The molecule has 5 rings (SSSR count). The van der Waals surface area contributed by atoms with Gasteiger partial charge >= 0.3 is 0 Å². The van der Waals surface area contributed by atoms with Crippen LogP contribution < -0.4 is 10.6 Å². The number of piperazine rings is 1. The highest BCUT2D eigenvalue weighted by Gasteiger charge is 2.15. The Hall–Kier alpha value is -4.05. The molecule has 1 saturated heterocycles. The number of anilines is 3. The van der Waals surface area contributed by atoms with Crippen molar-refractivity contribution in [3.8, 4) is 0 Å². The molecule has 9 heteroatoms. The zero-order valence-corrected chi connectivity index (χ0v) is 21.8. The lowest BCUT2D eigenvalue weighted by atomic mass is 10.1. The largest absolute Gasteiger partial charge is 0.324 e. The van der Waals surface area contributed by atoms with Crippen molar-refractivity contribution < 1.29 is 10.0 Å². The number of allylic oxidation sites excluding steroid dienone is 2. The third-order valence-corrected chi connectivity index (χ3v) is 6.79. The number of rotatable bonds is 7. The third kappa shape index (κ3) is 6.44. The number of hydroxylamine groups is 2. The number of likely N-dealkylation sites (N-methyl/N-ethyl adjacent to an activating group) is 1. The van der Waals surface area contributed by atoms with Crippen molar-refractivity contribution >= 4 is 28.8 Å². The highest BCUT2D eigenvalue weighted by molar-refractivity contribution is 6.04. The second kappa shape index (κ2) is 11.6. The minimum Gasteiger partial charge on any atom is -0.324 e. The van der Waals surface area contributed by atoms with Gasteiger partial charge in [-0.15, -0.1) is 0 Å². The van der Waals surface area contributed by atoms with E-state index in [-0.39, 0.29) is 5.91 Å². The second-order valence-electron chi connectivity index (χ2n) is 9.76. The van der Waals surface area contributed by atoms with Gasteiger partial charge in [0.1, 0.15) is 0 Å². The zero-order chi connectivity index (χ0) is 26.5. The van der Waals surface area contributed by atoms with Crippen LogP contribution in [0.25, 0.3) is 5.57 Å². The number of amides is 1. The molecule has 3 N–H and O–H groups in total. The highest BCUT2D eigenvalue weighted by atomic mass is 16.5. The van der Waals surface area contributed by atoms with Crippen molar-refractivity contribution in [2.75, 3.05) is 50.4 Å². The van der Waals surface area contributed by atoms with Crippen LogP contribution in [-0.2, 0) is 6.54 Å². The van der Waals surface area contributed by atoms with E-state index in [2.05, 4.69) is 37.4 Å². The number of aromatic nitrogens is 2. The SMILES string of the molecule is Cc1ccc(NC(=O)c2ccc(CN3CCN(C)CC3)cc2)cc1Nc1nccc(C2=CN(O)CC=C2)n1. The first-order valence-corrected chi connectivity index (χ1v) is 12.8. The number of carbonyl (C=O) groups is 1. The molecule has 0 spiro atoms. The van der Waals surface area contributed by atoms with Crippen molar-refractivity contribution in [1.82, 2.24) is 24.8 Å². The van der Waals surface area contributed by atoms with Crippen LogP contribution in [0.15, 0.2) is 73.1 Å². The van der Waals surface area contributed by atoms with E-state index in [0.29, 0.717) is 29.4 Å². The summed E-state index contributed by atoms with van der Waals surface area (Å²) in [5.41, 5.74) is 5.76. The first-order valence-electron chi connectivity index (χ1n) is 12.8. The van der Waals surface area contributed by atoms with Crippen molar-refractivity contribution in [2.45, 2.75) is 13.5 Å². The molecule has 3 heterocycles. The summed E-state index contributed by atoms with van der Waals surface area (Å²) in [5.74, 6) is 0.267. The van der Waals surface area contributed by atoms with Crippen molar-refractivity contribution in [3.63, 3.8) is 0 Å². The number of hydrogen-bond donors (Lipinski definition) is 3. The summed E-state index contributed by atoms with van der Waals surface area (Å²) in [6, 6.07) is 15.3. The number of carbonyl (C=O) groups excluding carboxylic acids is 1. The molecule has 9 nitrogen and oxygen atoms in total. The van der Waals surface area contributed by atoms with Crippen molar-refractivity contribution in [1.29, 1.82) is 0 Å². The van der Waals surface area contributed by atoms with Gasteiger partial charge < -0.3 is 15.5 Å². The number of aryl methyl sites for hydroxylation is 1. The normalized spacial score (nSPS) is 16.3. The lowest BCUT2D eigenvalue weighted by Crippen LogP contribution is -2.43. The van der Waals surface area contributed by atoms with Crippen LogP contribution >= 0.6 is 0 Å². The van der Waals surface area contributed by atoms with Gasteiger partial charge in [0.25, 0.3) is 5.91 Å². The van der Waals surface area contributed by atoms with E-state index in [4.69, 9.17) is 0 Å². The van der Waals surface area contributed by atoms with E-state index in [9.17, 15) is 10.0 Å². The molecule has 1 aromatic heterocycles. The summed E-state index contributed by atoms with van der Waals surface area (Å²) in [6.45, 7) is 7.62. The molecule has 2 aromatic carbocycles. The fourth-order valence-corrected chi connectivity index (χ4v) is 4.46. The highest BCUT2D eigenvalue weighted by Crippen LogP contribution is 2.25. The van der Waals surface area contributed by atoms with E-state index < -0.39 is 0 Å². The summed E-state index contributed by atoms with van der Waals surface area (Å²) >= 11 is 0. The molecular weight excluding hydrogens is 478 g/mol. The Labute approximate surface area is 223 Å². The van der Waals surface area contributed by atoms with Gasteiger partial charge in [-0.2, -0.15) is 0 Å². The maximum Gasteiger partial charge on any atom is 0.255 e. The van der Waals surface area contributed by atoms with Gasteiger partial charge in [0.15, 0.2) is 0 Å². The van der Waals surface area contributed by atoms with Crippen LogP contribution in [0.2, 0.25) is 0 Å². The zero-order valence-electron chi connectivity index (χ0n) is 21.8. The van der Waals surface area contributed by atoms with Gasteiger partial charge in [0, 0.05) is 67.6 Å². The molecule has 3 aromatic rings. The van der Waals surface area contributed by atoms with Crippen LogP contribution in [0, 0.1) is 6.92 Å². The molecule has 2 aliphatic heterocycles. The van der Waals surface area contributed by atoms with E-state index in [1.807, 2.05) is 61.5 Å². The fraction of sp³-hybridized carbons (Fsp3) is 0.276. The molecule has 0 radical (unpaired) electrons. The van der Waals surface area contributed by atoms with Gasteiger partial charge in [0.2, 0.25) is 5.95 Å². The molecule has 2 aliphatic rings. The molecule has 0 unspecified atom stereocenters. The molecule has 0 aliphatic carbocycles. The predicted molar refractivity (Wildman–Crippen MR) is 149 cm³/mol. The molecule has 1 amide bonds. The van der Waals surface area contributed by atoms with Crippen molar-refractivity contribution in [3.05, 3.63) is 95.5 Å². The lowest BCUT2D eigenvalue weighted by Gasteiger charge is -2.32. The summed E-state index contributed by atoms with van der Waals surface area (Å²) < 4.78 is 0. The Balaban J connectivity index is 1.23. The number of benzene rings is 2. The quantitative estimate of drug-likeness (QED) is 0.436. The first-order chi connectivity index (χ1) is 18.4. The van der Waals surface area contributed by atoms with Gasteiger partial charge in [-0.3, -0.25) is 20.0 Å². The Morgan fingerprint density at radius 3 is 2.61 bits per heavy atom. The average Bonchev–Trinajstić information content (AvgIpc) is 2.92. The molecular formula is C29H33N7O2. The minimum absolute atomic E-state index is 0.159. The smallest absolute Gasteiger partial charge is 0.255 e. The monoisotopic (exact) mass is 511 g/mol. The maximum absolute atomic E-state index is 12.9. The molecule has 38 heavy (non-hydrogen) atoms. The standard InChI is InChI=1S/C29H33N7O2/c1-21-5-10-25(18-27(21)33-29-30-12-11-26(32-29)24-4-3-13-36(38)20-24)31-28(37)23-8-6-22(7-9-23)19-35-16-14-34(2)15-17-35/h3-12,18,20,38H,13-17,19H2,1-2H3,(H,31,37)(H,30,32,33). The molecule has 1 fully saturated rings. The number of nitrogens with zero attached hydrogens (tertiary/aromatic N) is 5. The number of nitrogens with one attached hydrogen (secondary N) is 2. The Morgan fingerprint density at radius 2 is 1.84 bits per heavy atom. The van der Waals surface area contributed by atoms with E-state index >= 15 is 0 Å². The van der Waals surface area contributed by atoms with Crippen LogP contribution in [0.4, 0.5) is 17.3 Å². The van der Waals surface area contributed by atoms with Gasteiger partial charge in [-0.25, -0.2) is 9.97 Å². The molecule has 196 valence electrons. The lowest BCUT2D eigenvalue weighted by molar-refractivity contribution is -0.0294. The first kappa shape index (κ1) is 25.6. The minimum atomic E-state index is -0.159. The Bertz CT molecular complexity index is 1350. The molecule has 0 atom stereocenters. The third-order valence-electron chi connectivity index (χ3n) is 6.79. The van der Waals surface area contributed by atoms with Gasteiger partial charge in [-0.1, -0.05) is 30.4 Å².